The van der Waals surface area contributed by atoms with Gasteiger partial charge in [0, 0.05) is 48.3 Å². The molecule has 0 bridgehead atoms. The number of hydrogen-bond acceptors (Lipinski definition) is 10. The predicted octanol–water partition coefficient (Wildman–Crippen LogP) is 5.13. The summed E-state index contributed by atoms with van der Waals surface area (Å²) in [5.74, 6) is 0.548. The molecule has 39 heavy (non-hydrogen) atoms. The van der Waals surface area contributed by atoms with Gasteiger partial charge in [0.05, 0.1) is 21.0 Å². The van der Waals surface area contributed by atoms with Crippen LogP contribution >= 0.6 is 22.7 Å². The minimum absolute atomic E-state index is 0.487. The third-order valence-corrected chi connectivity index (χ3v) is 9.15. The van der Waals surface area contributed by atoms with Crippen LogP contribution in [-0.2, 0) is 5.54 Å². The van der Waals surface area contributed by atoms with E-state index >= 15 is 0 Å². The molecule has 0 unspecified atom stereocenters. The molecule has 2 aromatic carbocycles. The van der Waals surface area contributed by atoms with Crippen LogP contribution in [-0.4, -0.2) is 43.7 Å². The quantitative estimate of drug-likeness (QED) is 0.207. The van der Waals surface area contributed by atoms with Crippen molar-refractivity contribution in [3.8, 4) is 42.2 Å². The molecule has 1 saturated carbocycles. The lowest BCUT2D eigenvalue weighted by molar-refractivity contribution is -0.0738. The maximum absolute atomic E-state index is 10.2. The molecule has 0 amide bonds. The van der Waals surface area contributed by atoms with Crippen LogP contribution in [0.25, 0.3) is 42.2 Å². The Balaban J connectivity index is 1.32. The predicted molar refractivity (Wildman–Crippen MR) is 158 cm³/mol. The first-order valence-electron chi connectivity index (χ1n) is 12.7. The number of hydrogen-bond donors (Lipinski definition) is 4. The number of thiazole rings is 2. The first-order chi connectivity index (χ1) is 18.8. The number of anilines is 1. The number of rotatable bonds is 8. The number of nitrogens with one attached hydrogen (secondary N) is 1. The van der Waals surface area contributed by atoms with Crippen molar-refractivity contribution in [3.05, 3.63) is 78.8 Å². The van der Waals surface area contributed by atoms with Gasteiger partial charge in [-0.2, -0.15) is 0 Å². The minimum atomic E-state index is -0.694. The van der Waals surface area contributed by atoms with E-state index in [0.717, 1.165) is 47.7 Å². The average molecular weight is 556 g/mol. The summed E-state index contributed by atoms with van der Waals surface area (Å²) in [5.41, 5.74) is 15.9. The maximum atomic E-state index is 10.2. The van der Waals surface area contributed by atoms with Crippen molar-refractivity contribution in [2.45, 2.75) is 30.9 Å². The highest BCUT2D eigenvalue weighted by atomic mass is 32.1. The van der Waals surface area contributed by atoms with E-state index in [4.69, 9.17) is 16.5 Å². The van der Waals surface area contributed by atoms with Crippen LogP contribution in [0.3, 0.4) is 0 Å². The van der Waals surface area contributed by atoms with Gasteiger partial charge in [0.2, 0.25) is 5.95 Å². The monoisotopic (exact) mass is 555 g/mol. The molecule has 1 fully saturated rings. The summed E-state index contributed by atoms with van der Waals surface area (Å²) in [6.45, 7) is 2.97. The van der Waals surface area contributed by atoms with Gasteiger partial charge >= 0.3 is 0 Å². The molecule has 6 rings (SSSR count). The topological polar surface area (TPSA) is 136 Å². The highest BCUT2D eigenvalue weighted by Gasteiger charge is 2.49. The van der Waals surface area contributed by atoms with Gasteiger partial charge < -0.3 is 21.9 Å². The van der Waals surface area contributed by atoms with Crippen molar-refractivity contribution in [3.63, 3.8) is 0 Å². The average Bonchev–Trinajstić information content (AvgIpc) is 3.60. The Kier molecular flexibility index (Phi) is 6.74. The Morgan fingerprint density at radius 3 is 2.26 bits per heavy atom. The molecular formula is C29H29N7OS2. The smallest absolute Gasteiger partial charge is 0.222 e. The van der Waals surface area contributed by atoms with E-state index in [-0.39, 0.29) is 0 Å². The molecule has 10 heteroatoms. The van der Waals surface area contributed by atoms with E-state index in [1.165, 1.54) is 0 Å². The van der Waals surface area contributed by atoms with Gasteiger partial charge in [-0.15, -0.1) is 22.7 Å². The van der Waals surface area contributed by atoms with Crippen LogP contribution in [0.15, 0.2) is 73.2 Å². The summed E-state index contributed by atoms with van der Waals surface area (Å²) in [4.78, 5) is 20.5. The van der Waals surface area contributed by atoms with E-state index in [9.17, 15) is 5.11 Å². The fourth-order valence-electron chi connectivity index (χ4n) is 5.10. The zero-order valence-electron chi connectivity index (χ0n) is 21.5. The number of aromatic nitrogens is 4. The molecule has 1 aliphatic rings. The van der Waals surface area contributed by atoms with Gasteiger partial charge in [-0.3, -0.25) is 0 Å². The van der Waals surface area contributed by atoms with Gasteiger partial charge in [0.15, 0.2) is 0 Å². The maximum Gasteiger partial charge on any atom is 0.222 e. The Morgan fingerprint density at radius 1 is 0.872 bits per heavy atom. The molecule has 1 aliphatic carbocycles. The third-order valence-electron chi connectivity index (χ3n) is 6.83. The van der Waals surface area contributed by atoms with Crippen LogP contribution in [0.5, 0.6) is 0 Å². The highest BCUT2D eigenvalue weighted by molar-refractivity contribution is 7.25. The number of benzene rings is 2. The lowest BCUT2D eigenvalue weighted by atomic mass is 9.63. The molecule has 0 radical (unpaired) electrons. The first kappa shape index (κ1) is 25.7. The molecule has 198 valence electrons. The Hall–Kier alpha value is -3.54. The second kappa shape index (κ2) is 10.2. The van der Waals surface area contributed by atoms with Gasteiger partial charge in [0.25, 0.3) is 0 Å². The zero-order chi connectivity index (χ0) is 27.0. The van der Waals surface area contributed by atoms with E-state index in [2.05, 4.69) is 56.7 Å². The normalized spacial score (nSPS) is 20.5. The standard InChI is InChI=1S/C29H29N7OS2/c1-28(37)16-29(31,17-28)21-9-7-18(8-10-21)23-24(19-5-3-2-4-6-19)39-26(36-23)22-15-33-25(38-22)20-13-34-27(35-14-20)32-12-11-30/h2-10,13-15,37H,11-12,16-17,30-31H2,1H3,(H,32,34,35)/t28-,29-. The lowest BCUT2D eigenvalue weighted by Gasteiger charge is -2.49. The van der Waals surface area contributed by atoms with Crippen LogP contribution in [0.4, 0.5) is 5.95 Å². The van der Waals surface area contributed by atoms with Crippen molar-refractivity contribution in [1.29, 1.82) is 0 Å². The van der Waals surface area contributed by atoms with Crippen molar-refractivity contribution in [2.24, 2.45) is 11.5 Å². The summed E-state index contributed by atoms with van der Waals surface area (Å²) in [7, 11) is 0. The van der Waals surface area contributed by atoms with E-state index in [0.29, 0.717) is 31.9 Å². The van der Waals surface area contributed by atoms with E-state index in [1.54, 1.807) is 35.1 Å². The van der Waals surface area contributed by atoms with E-state index < -0.39 is 11.1 Å². The molecule has 3 aromatic heterocycles. The van der Waals surface area contributed by atoms with Crippen molar-refractivity contribution < 1.29 is 5.11 Å². The van der Waals surface area contributed by atoms with Gasteiger partial charge in [-0.05, 0) is 30.9 Å². The fraction of sp³-hybridized carbons (Fsp3) is 0.241. The largest absolute Gasteiger partial charge is 0.390 e. The van der Waals surface area contributed by atoms with Crippen molar-refractivity contribution >= 4 is 28.6 Å². The molecule has 5 aromatic rings. The molecule has 0 saturated heterocycles. The molecule has 8 nitrogen and oxygen atoms in total. The molecule has 6 N–H and O–H groups in total. The second-order valence-electron chi connectivity index (χ2n) is 10.2. The highest BCUT2D eigenvalue weighted by Crippen LogP contribution is 2.47. The Morgan fingerprint density at radius 2 is 1.59 bits per heavy atom. The van der Waals surface area contributed by atoms with Crippen LogP contribution < -0.4 is 16.8 Å². The number of nitrogens with zero attached hydrogens (tertiary/aromatic N) is 4. The zero-order valence-corrected chi connectivity index (χ0v) is 23.1. The number of aliphatic hydroxyl groups is 1. The lowest BCUT2D eigenvalue weighted by Crippen LogP contribution is -2.58. The number of nitrogens with two attached hydrogens (primary N) is 2. The van der Waals surface area contributed by atoms with Crippen molar-refractivity contribution in [1.82, 2.24) is 19.9 Å². The SMILES string of the molecule is C[C@]1(O)C[C@@](N)(c2ccc(-c3nc(-c4cnc(-c5cnc(NCCN)nc5)s4)sc3-c3ccccc3)cc2)C1. The summed E-state index contributed by atoms with van der Waals surface area (Å²) in [6, 6.07) is 18.6. The van der Waals surface area contributed by atoms with E-state index in [1.807, 2.05) is 31.3 Å². The van der Waals surface area contributed by atoms with Crippen molar-refractivity contribution in [2.75, 3.05) is 18.4 Å². The summed E-state index contributed by atoms with van der Waals surface area (Å²) >= 11 is 3.22. The van der Waals surface area contributed by atoms with Crippen LogP contribution in [0.1, 0.15) is 25.3 Å². The summed E-state index contributed by atoms with van der Waals surface area (Å²) in [5, 5.41) is 15.0. The molecule has 0 aliphatic heterocycles. The fourth-order valence-corrected chi connectivity index (χ4v) is 7.12. The molecule has 3 heterocycles. The molecule has 0 spiro atoms. The first-order valence-corrected chi connectivity index (χ1v) is 14.4. The minimum Gasteiger partial charge on any atom is -0.390 e. The summed E-state index contributed by atoms with van der Waals surface area (Å²) < 4.78 is 0. The van der Waals surface area contributed by atoms with Gasteiger partial charge in [0.1, 0.15) is 10.0 Å². The second-order valence-corrected chi connectivity index (χ2v) is 12.2. The van der Waals surface area contributed by atoms with Crippen LogP contribution in [0.2, 0.25) is 0 Å². The van der Waals surface area contributed by atoms with Gasteiger partial charge in [-0.1, -0.05) is 54.6 Å². The molecular weight excluding hydrogens is 527 g/mol. The Labute approximate surface area is 234 Å². The molecule has 0 atom stereocenters. The van der Waals surface area contributed by atoms with Gasteiger partial charge in [-0.25, -0.2) is 19.9 Å². The summed E-state index contributed by atoms with van der Waals surface area (Å²) in [6.07, 6.45) is 6.51. The Bertz CT molecular complexity index is 1570. The third kappa shape index (κ3) is 5.21. The van der Waals surface area contributed by atoms with Crippen LogP contribution in [0, 0.1) is 0 Å².